The maximum atomic E-state index is 12.6. The van der Waals surface area contributed by atoms with Crippen LogP contribution in [0.4, 0.5) is 0 Å². The lowest BCUT2D eigenvalue weighted by Crippen LogP contribution is -2.51. The van der Waals surface area contributed by atoms with Crippen LogP contribution in [0.25, 0.3) is 0 Å². The monoisotopic (exact) mass is 293 g/mol. The minimum atomic E-state index is -0.290. The van der Waals surface area contributed by atoms with Crippen molar-refractivity contribution in [1.29, 1.82) is 0 Å². The van der Waals surface area contributed by atoms with Crippen molar-refractivity contribution >= 4 is 11.7 Å². The SMILES string of the molecule is N/C(=N\O)C(NC(=O)C1CC2CCC1C2)C1CCCCC1. The lowest BCUT2D eigenvalue weighted by atomic mass is 9.82. The Labute approximate surface area is 126 Å². The van der Waals surface area contributed by atoms with Crippen LogP contribution >= 0.6 is 0 Å². The van der Waals surface area contributed by atoms with Gasteiger partial charge in [0.1, 0.15) is 0 Å². The number of carbonyl (C=O) groups is 1. The average Bonchev–Trinajstić information content (AvgIpc) is 3.15. The molecule has 0 aromatic carbocycles. The molecule has 0 spiro atoms. The van der Waals surface area contributed by atoms with Gasteiger partial charge in [0.05, 0.1) is 6.04 Å². The van der Waals surface area contributed by atoms with Crippen molar-refractivity contribution in [3.63, 3.8) is 0 Å². The molecule has 0 aromatic heterocycles. The van der Waals surface area contributed by atoms with Crippen LogP contribution in [0.15, 0.2) is 5.16 Å². The van der Waals surface area contributed by atoms with Crippen molar-refractivity contribution in [2.75, 3.05) is 0 Å². The minimum absolute atomic E-state index is 0.129. The Morgan fingerprint density at radius 3 is 2.48 bits per heavy atom. The van der Waals surface area contributed by atoms with Crippen molar-refractivity contribution in [2.45, 2.75) is 63.8 Å². The van der Waals surface area contributed by atoms with Crippen molar-refractivity contribution in [2.24, 2.45) is 34.6 Å². The smallest absolute Gasteiger partial charge is 0.223 e. The van der Waals surface area contributed by atoms with Gasteiger partial charge in [0, 0.05) is 5.92 Å². The average molecular weight is 293 g/mol. The fourth-order valence-electron chi connectivity index (χ4n) is 4.79. The highest BCUT2D eigenvalue weighted by molar-refractivity contribution is 5.91. The summed E-state index contributed by atoms with van der Waals surface area (Å²) in [6, 6.07) is -0.290. The summed E-state index contributed by atoms with van der Waals surface area (Å²) >= 11 is 0. The quantitative estimate of drug-likeness (QED) is 0.321. The molecule has 3 rings (SSSR count). The molecule has 4 atom stereocenters. The number of nitrogens with zero attached hydrogens (tertiary/aromatic N) is 1. The molecule has 0 aromatic rings. The Hall–Kier alpha value is -1.26. The van der Waals surface area contributed by atoms with Crippen LogP contribution in [0.1, 0.15) is 57.8 Å². The first-order valence-electron chi connectivity index (χ1n) is 8.47. The van der Waals surface area contributed by atoms with Crippen LogP contribution in [-0.4, -0.2) is 23.0 Å². The molecule has 118 valence electrons. The number of hydrogen-bond donors (Lipinski definition) is 3. The molecule has 3 aliphatic rings. The van der Waals surface area contributed by atoms with Gasteiger partial charge in [-0.3, -0.25) is 4.79 Å². The zero-order valence-electron chi connectivity index (χ0n) is 12.6. The summed E-state index contributed by atoms with van der Waals surface area (Å²) in [7, 11) is 0. The maximum Gasteiger partial charge on any atom is 0.223 e. The summed E-state index contributed by atoms with van der Waals surface area (Å²) in [5, 5.41) is 15.3. The third-order valence-corrected chi connectivity index (χ3v) is 5.93. The number of nitrogens with two attached hydrogens (primary N) is 1. The van der Waals surface area contributed by atoms with Crippen molar-refractivity contribution < 1.29 is 10.0 Å². The van der Waals surface area contributed by atoms with Gasteiger partial charge in [-0.2, -0.15) is 0 Å². The highest BCUT2D eigenvalue weighted by Crippen LogP contribution is 2.48. The van der Waals surface area contributed by atoms with Gasteiger partial charge in [0.25, 0.3) is 0 Å². The van der Waals surface area contributed by atoms with Gasteiger partial charge in [0.15, 0.2) is 5.84 Å². The van der Waals surface area contributed by atoms with Gasteiger partial charge in [0.2, 0.25) is 5.91 Å². The molecule has 5 heteroatoms. The number of hydrogen-bond acceptors (Lipinski definition) is 3. The number of carbonyl (C=O) groups excluding carboxylic acids is 1. The Balaban J connectivity index is 1.64. The second kappa shape index (κ2) is 6.24. The van der Waals surface area contributed by atoms with Crippen LogP contribution in [0.3, 0.4) is 0 Å². The molecule has 1 amide bonds. The van der Waals surface area contributed by atoms with E-state index >= 15 is 0 Å². The fraction of sp³-hybridized carbons (Fsp3) is 0.875. The zero-order valence-corrected chi connectivity index (χ0v) is 12.6. The molecule has 4 N–H and O–H groups in total. The molecule has 5 nitrogen and oxygen atoms in total. The highest BCUT2D eigenvalue weighted by Gasteiger charge is 2.44. The first-order chi connectivity index (χ1) is 10.2. The van der Waals surface area contributed by atoms with E-state index < -0.39 is 0 Å². The summed E-state index contributed by atoms with van der Waals surface area (Å²) in [5.41, 5.74) is 5.86. The van der Waals surface area contributed by atoms with Crippen molar-refractivity contribution in [3.8, 4) is 0 Å². The number of amides is 1. The molecule has 0 heterocycles. The number of nitrogens with one attached hydrogen (secondary N) is 1. The van der Waals surface area contributed by atoms with Gasteiger partial charge in [-0.15, -0.1) is 0 Å². The maximum absolute atomic E-state index is 12.6. The third-order valence-electron chi connectivity index (χ3n) is 5.93. The first-order valence-corrected chi connectivity index (χ1v) is 8.47. The van der Waals surface area contributed by atoms with Crippen LogP contribution in [0.2, 0.25) is 0 Å². The number of amidine groups is 1. The van der Waals surface area contributed by atoms with Crippen LogP contribution in [-0.2, 0) is 4.79 Å². The second-order valence-electron chi connectivity index (χ2n) is 7.19. The lowest BCUT2D eigenvalue weighted by molar-refractivity contribution is -0.127. The Morgan fingerprint density at radius 2 is 1.90 bits per heavy atom. The number of fused-ring (bicyclic) bond motifs is 2. The standard InChI is InChI=1S/C16H27N3O2/c17-15(19-21)14(11-4-2-1-3-5-11)18-16(20)13-9-10-6-7-12(13)8-10/h10-14,21H,1-9H2,(H2,17,19)(H,18,20). The predicted molar refractivity (Wildman–Crippen MR) is 80.9 cm³/mol. The molecule has 3 fully saturated rings. The lowest BCUT2D eigenvalue weighted by Gasteiger charge is -2.31. The van der Waals surface area contributed by atoms with Gasteiger partial charge >= 0.3 is 0 Å². The van der Waals surface area contributed by atoms with Crippen LogP contribution in [0.5, 0.6) is 0 Å². The summed E-state index contributed by atoms with van der Waals surface area (Å²) < 4.78 is 0. The van der Waals surface area contributed by atoms with E-state index in [0.717, 1.165) is 25.2 Å². The molecule has 2 bridgehead atoms. The van der Waals surface area contributed by atoms with E-state index in [9.17, 15) is 4.79 Å². The molecular weight excluding hydrogens is 266 g/mol. The third kappa shape index (κ3) is 3.01. The molecular formula is C16H27N3O2. The minimum Gasteiger partial charge on any atom is -0.409 e. The van der Waals surface area contributed by atoms with E-state index in [2.05, 4.69) is 10.5 Å². The highest BCUT2D eigenvalue weighted by atomic mass is 16.4. The van der Waals surface area contributed by atoms with E-state index in [0.29, 0.717) is 11.8 Å². The Morgan fingerprint density at radius 1 is 1.14 bits per heavy atom. The topological polar surface area (TPSA) is 87.7 Å². The van der Waals surface area contributed by atoms with Crippen molar-refractivity contribution in [3.05, 3.63) is 0 Å². The molecule has 3 saturated carbocycles. The van der Waals surface area contributed by atoms with Gasteiger partial charge in [-0.1, -0.05) is 30.8 Å². The van der Waals surface area contributed by atoms with Gasteiger partial charge < -0.3 is 16.3 Å². The van der Waals surface area contributed by atoms with Crippen LogP contribution in [0, 0.1) is 23.7 Å². The van der Waals surface area contributed by atoms with Crippen molar-refractivity contribution in [1.82, 2.24) is 5.32 Å². The summed E-state index contributed by atoms with van der Waals surface area (Å²) in [6.07, 6.45) is 10.4. The van der Waals surface area contributed by atoms with E-state index in [1.54, 1.807) is 0 Å². The molecule has 0 saturated heterocycles. The summed E-state index contributed by atoms with van der Waals surface area (Å²) in [5.74, 6) is 2.08. The molecule has 21 heavy (non-hydrogen) atoms. The molecule has 0 aliphatic heterocycles. The van der Waals surface area contributed by atoms with E-state index in [1.807, 2.05) is 0 Å². The van der Waals surface area contributed by atoms with E-state index in [-0.39, 0.29) is 23.7 Å². The van der Waals surface area contributed by atoms with Gasteiger partial charge in [-0.25, -0.2) is 0 Å². The normalized spacial score (nSPS) is 34.9. The largest absolute Gasteiger partial charge is 0.409 e. The Kier molecular flexibility index (Phi) is 4.36. The van der Waals surface area contributed by atoms with E-state index in [1.165, 1.54) is 38.5 Å². The number of rotatable bonds is 4. The molecule has 4 unspecified atom stereocenters. The van der Waals surface area contributed by atoms with E-state index in [4.69, 9.17) is 10.9 Å². The van der Waals surface area contributed by atoms with Crippen LogP contribution < -0.4 is 11.1 Å². The second-order valence-corrected chi connectivity index (χ2v) is 7.19. The summed E-state index contributed by atoms with van der Waals surface area (Å²) in [4.78, 5) is 12.6. The predicted octanol–water partition coefficient (Wildman–Crippen LogP) is 2.23. The first kappa shape index (κ1) is 14.7. The number of oxime groups is 1. The van der Waals surface area contributed by atoms with Gasteiger partial charge in [-0.05, 0) is 49.9 Å². The zero-order chi connectivity index (χ0) is 14.8. The summed E-state index contributed by atoms with van der Waals surface area (Å²) in [6.45, 7) is 0. The molecule has 0 radical (unpaired) electrons. The Bertz CT molecular complexity index is 418. The fourth-order valence-corrected chi connectivity index (χ4v) is 4.79. The molecule has 3 aliphatic carbocycles.